The molecule has 1 fully saturated rings. The summed E-state index contributed by atoms with van der Waals surface area (Å²) in [4.78, 5) is 25.3. The Kier molecular flexibility index (Phi) is 7.18. The monoisotopic (exact) mass is 458 g/mol. The van der Waals surface area contributed by atoms with Gasteiger partial charge in [0, 0.05) is 23.3 Å². The van der Waals surface area contributed by atoms with Gasteiger partial charge in [-0.25, -0.2) is 4.79 Å². The summed E-state index contributed by atoms with van der Waals surface area (Å²) >= 11 is 0. The summed E-state index contributed by atoms with van der Waals surface area (Å²) in [6.45, 7) is -0.265. The second kappa shape index (κ2) is 10.1. The number of rotatable bonds is 8. The number of fused-ring (bicyclic) bond motifs is 3. The molecule has 0 spiro atoms. The van der Waals surface area contributed by atoms with Gasteiger partial charge in [-0.05, 0) is 24.5 Å². The van der Waals surface area contributed by atoms with Crippen LogP contribution in [-0.2, 0) is 14.2 Å². The predicted molar refractivity (Wildman–Crippen MR) is 115 cm³/mol. The van der Waals surface area contributed by atoms with Gasteiger partial charge in [0.05, 0.1) is 18.8 Å². The zero-order chi connectivity index (χ0) is 23.5. The molecule has 0 amide bonds. The molecule has 5 atom stereocenters. The molecule has 0 radical (unpaired) electrons. The summed E-state index contributed by atoms with van der Waals surface area (Å²) in [6.07, 6.45) is -5.67. The van der Waals surface area contributed by atoms with Crippen molar-refractivity contribution in [3.8, 4) is 11.1 Å². The first-order valence-corrected chi connectivity index (χ1v) is 10.8. The molecule has 4 N–H and O–H groups in total. The number of hydrogen-bond donors (Lipinski definition) is 4. The van der Waals surface area contributed by atoms with E-state index in [1.54, 1.807) is 30.3 Å². The lowest BCUT2D eigenvalue weighted by molar-refractivity contribution is -0.301. The van der Waals surface area contributed by atoms with Gasteiger partial charge in [-0.15, -0.1) is 0 Å². The second-order valence-electron chi connectivity index (χ2n) is 8.01. The van der Waals surface area contributed by atoms with E-state index < -0.39 is 43.3 Å². The fourth-order valence-corrected chi connectivity index (χ4v) is 4.10. The smallest absolute Gasteiger partial charge is 0.338 e. The Bertz CT molecular complexity index is 1020. The van der Waals surface area contributed by atoms with Gasteiger partial charge in [0.15, 0.2) is 12.1 Å². The van der Waals surface area contributed by atoms with Crippen LogP contribution in [-0.4, -0.2) is 82.7 Å². The Morgan fingerprint density at radius 1 is 0.879 bits per heavy atom. The summed E-state index contributed by atoms with van der Waals surface area (Å²) in [5, 5.41) is 38.7. The first-order valence-electron chi connectivity index (χ1n) is 10.8. The molecule has 1 saturated heterocycles. The number of aliphatic hydroxyl groups is 4. The molecule has 0 aromatic heterocycles. The highest BCUT2D eigenvalue weighted by Crippen LogP contribution is 2.39. The fourth-order valence-electron chi connectivity index (χ4n) is 4.10. The highest BCUT2D eigenvalue weighted by Gasteiger charge is 2.43. The summed E-state index contributed by atoms with van der Waals surface area (Å²) in [5.41, 5.74) is 2.70. The van der Waals surface area contributed by atoms with Crippen LogP contribution in [0.1, 0.15) is 39.1 Å². The first-order chi connectivity index (χ1) is 15.9. The van der Waals surface area contributed by atoms with Gasteiger partial charge in [-0.1, -0.05) is 36.4 Å². The Labute approximate surface area is 190 Å². The number of benzene rings is 2. The highest BCUT2D eigenvalue weighted by molar-refractivity contribution is 6.24. The number of carbonyl (C=O) groups excluding carboxylic acids is 2. The lowest BCUT2D eigenvalue weighted by Gasteiger charge is -2.39. The van der Waals surface area contributed by atoms with Gasteiger partial charge < -0.3 is 34.6 Å². The fraction of sp³-hybridized carbons (Fsp3) is 0.417. The SMILES string of the molecule is O=C(OCCCCO[C@@H]1O[C@H](CO)[C@@H](O)[C@H](O)[C@H]1O)c1cccc2c1-c1ccccc1C2=O. The summed E-state index contributed by atoms with van der Waals surface area (Å²) < 4.78 is 16.1. The van der Waals surface area contributed by atoms with Crippen molar-refractivity contribution in [2.24, 2.45) is 0 Å². The average molecular weight is 458 g/mol. The maximum absolute atomic E-state index is 12.7. The molecule has 33 heavy (non-hydrogen) atoms. The molecule has 4 rings (SSSR count). The molecular weight excluding hydrogens is 432 g/mol. The topological polar surface area (TPSA) is 143 Å². The Balaban J connectivity index is 1.27. The van der Waals surface area contributed by atoms with E-state index in [1.807, 2.05) is 12.1 Å². The van der Waals surface area contributed by atoms with E-state index in [1.165, 1.54) is 0 Å². The summed E-state index contributed by atoms with van der Waals surface area (Å²) in [5.74, 6) is -0.633. The Morgan fingerprint density at radius 3 is 2.33 bits per heavy atom. The van der Waals surface area contributed by atoms with E-state index in [9.17, 15) is 30.0 Å². The van der Waals surface area contributed by atoms with Crippen LogP contribution in [0.5, 0.6) is 0 Å². The molecule has 176 valence electrons. The Morgan fingerprint density at radius 2 is 1.58 bits per heavy atom. The largest absolute Gasteiger partial charge is 0.462 e. The number of ketones is 1. The number of esters is 1. The van der Waals surface area contributed by atoms with E-state index in [0.29, 0.717) is 35.1 Å². The number of ether oxygens (including phenoxy) is 3. The minimum atomic E-state index is -1.49. The van der Waals surface area contributed by atoms with Gasteiger partial charge in [0.2, 0.25) is 0 Å². The van der Waals surface area contributed by atoms with Crippen molar-refractivity contribution in [2.45, 2.75) is 43.5 Å². The molecule has 2 aromatic rings. The van der Waals surface area contributed by atoms with Crippen molar-refractivity contribution >= 4 is 11.8 Å². The third-order valence-electron chi connectivity index (χ3n) is 5.87. The van der Waals surface area contributed by atoms with Gasteiger partial charge in [0.25, 0.3) is 0 Å². The molecule has 2 aromatic carbocycles. The molecule has 9 heteroatoms. The number of carbonyl (C=O) groups is 2. The standard InChI is InChI=1S/C24H26O9/c25-12-17-20(27)21(28)22(29)24(33-17)32-11-4-3-10-31-23(30)16-9-5-8-15-18(16)13-6-1-2-7-14(13)19(15)26/h1-2,5-9,17,20-22,24-25,27-29H,3-4,10-12H2/t17-,20-,21+,22-,24-/m1/s1. The molecule has 1 aliphatic heterocycles. The molecule has 2 aliphatic rings. The minimum Gasteiger partial charge on any atom is -0.462 e. The minimum absolute atomic E-state index is 0.111. The molecule has 0 unspecified atom stereocenters. The van der Waals surface area contributed by atoms with E-state index in [-0.39, 0.29) is 19.0 Å². The van der Waals surface area contributed by atoms with Crippen LogP contribution in [0.4, 0.5) is 0 Å². The van der Waals surface area contributed by atoms with Crippen molar-refractivity contribution in [3.63, 3.8) is 0 Å². The highest BCUT2D eigenvalue weighted by atomic mass is 16.7. The van der Waals surface area contributed by atoms with E-state index in [4.69, 9.17) is 14.2 Å². The summed E-state index contributed by atoms with van der Waals surface area (Å²) in [6, 6.07) is 12.1. The van der Waals surface area contributed by atoms with Crippen molar-refractivity contribution < 1.29 is 44.2 Å². The van der Waals surface area contributed by atoms with Crippen LogP contribution in [0.3, 0.4) is 0 Å². The molecular formula is C24H26O9. The maximum atomic E-state index is 12.7. The first kappa shape index (κ1) is 23.5. The number of unbranched alkanes of at least 4 members (excludes halogenated alkanes) is 1. The normalized spacial score (nSPS) is 26.1. The quantitative estimate of drug-likeness (QED) is 0.283. The second-order valence-corrected chi connectivity index (χ2v) is 8.01. The van der Waals surface area contributed by atoms with Crippen molar-refractivity contribution in [2.75, 3.05) is 19.8 Å². The lowest BCUT2D eigenvalue weighted by atomic mass is 9.99. The predicted octanol–water partition coefficient (Wildman–Crippen LogP) is 0.652. The van der Waals surface area contributed by atoms with Gasteiger partial charge in [-0.2, -0.15) is 0 Å². The van der Waals surface area contributed by atoms with Gasteiger partial charge >= 0.3 is 5.97 Å². The van der Waals surface area contributed by atoms with Crippen LogP contribution in [0.2, 0.25) is 0 Å². The van der Waals surface area contributed by atoms with Crippen LogP contribution in [0, 0.1) is 0 Å². The average Bonchev–Trinajstić information content (AvgIpc) is 3.13. The lowest BCUT2D eigenvalue weighted by Crippen LogP contribution is -2.59. The molecule has 0 saturated carbocycles. The van der Waals surface area contributed by atoms with Gasteiger partial charge in [-0.3, -0.25) is 4.79 Å². The molecule has 0 bridgehead atoms. The zero-order valence-electron chi connectivity index (χ0n) is 17.8. The third-order valence-corrected chi connectivity index (χ3v) is 5.87. The molecule has 9 nitrogen and oxygen atoms in total. The van der Waals surface area contributed by atoms with Gasteiger partial charge in [0.1, 0.15) is 24.4 Å². The van der Waals surface area contributed by atoms with E-state index in [0.717, 1.165) is 5.56 Å². The molecule has 1 aliphatic carbocycles. The Hall–Kier alpha value is -2.66. The van der Waals surface area contributed by atoms with E-state index >= 15 is 0 Å². The van der Waals surface area contributed by atoms with Crippen molar-refractivity contribution in [1.82, 2.24) is 0 Å². The number of aliphatic hydroxyl groups excluding tert-OH is 4. The number of hydrogen-bond acceptors (Lipinski definition) is 9. The maximum Gasteiger partial charge on any atom is 0.338 e. The summed E-state index contributed by atoms with van der Waals surface area (Å²) in [7, 11) is 0. The van der Waals surface area contributed by atoms with Crippen LogP contribution < -0.4 is 0 Å². The van der Waals surface area contributed by atoms with Crippen LogP contribution in [0.25, 0.3) is 11.1 Å². The zero-order valence-corrected chi connectivity index (χ0v) is 17.8. The van der Waals surface area contributed by atoms with E-state index in [2.05, 4.69) is 0 Å². The van der Waals surface area contributed by atoms with Crippen molar-refractivity contribution in [1.29, 1.82) is 0 Å². The van der Waals surface area contributed by atoms with Crippen LogP contribution in [0.15, 0.2) is 42.5 Å². The third kappa shape index (κ3) is 4.56. The molecule has 1 heterocycles. The van der Waals surface area contributed by atoms with Crippen molar-refractivity contribution in [3.05, 3.63) is 59.2 Å². The van der Waals surface area contributed by atoms with Crippen LogP contribution >= 0.6 is 0 Å².